The highest BCUT2D eigenvalue weighted by molar-refractivity contribution is 5.81. The number of fused-ring (bicyclic) bond motifs is 1. The summed E-state index contributed by atoms with van der Waals surface area (Å²) in [7, 11) is 3.00. The Labute approximate surface area is 113 Å². The van der Waals surface area contributed by atoms with Crippen LogP contribution in [0.25, 0.3) is 10.8 Å². The molecule has 104 valence electrons. The Bertz CT molecular complexity index is 280. The molecule has 0 heterocycles. The first-order valence-electron chi connectivity index (χ1n) is 6.56. The molecule has 0 atom stereocenters. The maximum Gasteiger partial charge on any atom is -0.0184 e. The lowest BCUT2D eigenvalue weighted by molar-refractivity contribution is 1.48. The minimum absolute atomic E-state index is 1.31. The highest BCUT2D eigenvalue weighted by Crippen LogP contribution is 2.11. The van der Waals surface area contributed by atoms with Crippen molar-refractivity contribution in [1.82, 2.24) is 0 Å². The Morgan fingerprint density at radius 1 is 0.500 bits per heavy atom. The number of nitrogens with two attached hydrogens (primary N) is 2. The van der Waals surface area contributed by atoms with Crippen LogP contribution in [-0.2, 0) is 0 Å². The van der Waals surface area contributed by atoms with Crippen molar-refractivity contribution in [3.63, 3.8) is 0 Å². The van der Waals surface area contributed by atoms with E-state index in [1.54, 1.807) is 0 Å². The van der Waals surface area contributed by atoms with Crippen LogP contribution in [0.1, 0.15) is 27.7 Å². The second-order valence-corrected chi connectivity index (χ2v) is 2.35. The van der Waals surface area contributed by atoms with Gasteiger partial charge in [-0.1, -0.05) is 76.2 Å². The van der Waals surface area contributed by atoms with Gasteiger partial charge in [0.25, 0.3) is 0 Å². The molecule has 0 spiro atoms. The summed E-state index contributed by atoms with van der Waals surface area (Å²) >= 11 is 0. The predicted octanol–water partition coefficient (Wildman–Crippen LogP) is 4.04. The molecule has 0 fully saturated rings. The van der Waals surface area contributed by atoms with Crippen molar-refractivity contribution < 1.29 is 0 Å². The SMILES string of the molecule is CC.CC.CN.CN.c1ccc2ccccc2c1. The van der Waals surface area contributed by atoms with Gasteiger partial charge in [0.2, 0.25) is 0 Å². The lowest BCUT2D eigenvalue weighted by atomic mass is 10.1. The van der Waals surface area contributed by atoms with E-state index in [2.05, 4.69) is 60.0 Å². The fourth-order valence-electron chi connectivity index (χ4n) is 1.13. The number of rotatable bonds is 0. The second-order valence-electron chi connectivity index (χ2n) is 2.35. The average Bonchev–Trinajstić information content (AvgIpc) is 2.55. The van der Waals surface area contributed by atoms with Crippen LogP contribution in [0.15, 0.2) is 48.5 Å². The lowest BCUT2D eigenvalue weighted by Crippen LogP contribution is -1.69. The third kappa shape index (κ3) is 9.82. The van der Waals surface area contributed by atoms with Gasteiger partial charge in [0, 0.05) is 0 Å². The van der Waals surface area contributed by atoms with Crippen LogP contribution in [0.5, 0.6) is 0 Å². The highest BCUT2D eigenvalue weighted by atomic mass is 14.4. The monoisotopic (exact) mass is 250 g/mol. The molecule has 0 aliphatic rings. The maximum absolute atomic E-state index is 4.50. The molecule has 2 heteroatoms. The van der Waals surface area contributed by atoms with E-state index >= 15 is 0 Å². The van der Waals surface area contributed by atoms with E-state index in [0.717, 1.165) is 0 Å². The van der Waals surface area contributed by atoms with Gasteiger partial charge in [-0.25, -0.2) is 0 Å². The van der Waals surface area contributed by atoms with E-state index in [9.17, 15) is 0 Å². The van der Waals surface area contributed by atoms with E-state index in [0.29, 0.717) is 0 Å². The van der Waals surface area contributed by atoms with Gasteiger partial charge in [-0.15, -0.1) is 0 Å². The van der Waals surface area contributed by atoms with Gasteiger partial charge in [-0.3, -0.25) is 0 Å². The molecule has 0 saturated heterocycles. The van der Waals surface area contributed by atoms with E-state index in [4.69, 9.17) is 0 Å². The standard InChI is InChI=1S/C10H8.2C2H6.2CH5N/c1-2-6-10-8-4-3-7-9(10)5-1;4*1-2/h1-8H;2*1-2H3;2*2H2,1H3. The molecular formula is C16H30N2. The Morgan fingerprint density at radius 3 is 0.833 bits per heavy atom. The van der Waals surface area contributed by atoms with E-state index in [1.165, 1.54) is 24.9 Å². The molecule has 2 nitrogen and oxygen atoms in total. The zero-order valence-corrected chi connectivity index (χ0v) is 12.8. The molecule has 2 aromatic rings. The molecule has 0 radical (unpaired) electrons. The summed E-state index contributed by atoms with van der Waals surface area (Å²) < 4.78 is 0. The van der Waals surface area contributed by atoms with E-state index in [1.807, 2.05) is 27.7 Å². The van der Waals surface area contributed by atoms with E-state index in [-0.39, 0.29) is 0 Å². The first kappa shape index (κ1) is 21.9. The number of benzene rings is 2. The highest BCUT2D eigenvalue weighted by Gasteiger charge is 1.85. The lowest BCUT2D eigenvalue weighted by Gasteiger charge is -1.92. The van der Waals surface area contributed by atoms with Crippen LogP contribution in [0.3, 0.4) is 0 Å². The molecule has 0 unspecified atom stereocenters. The Balaban J connectivity index is -0.000000244. The number of hydrogen-bond donors (Lipinski definition) is 2. The maximum atomic E-state index is 4.50. The van der Waals surface area contributed by atoms with Crippen molar-refractivity contribution in [2.24, 2.45) is 11.5 Å². The molecule has 18 heavy (non-hydrogen) atoms. The third-order valence-corrected chi connectivity index (χ3v) is 1.66. The zero-order chi connectivity index (χ0) is 14.8. The Hall–Kier alpha value is -1.38. The topological polar surface area (TPSA) is 52.0 Å². The quantitative estimate of drug-likeness (QED) is 0.741. The average molecular weight is 250 g/mol. The Kier molecular flexibility index (Phi) is 25.5. The first-order chi connectivity index (χ1) is 8.97. The van der Waals surface area contributed by atoms with Gasteiger partial charge in [0.05, 0.1) is 0 Å². The summed E-state index contributed by atoms with van der Waals surface area (Å²) in [6.07, 6.45) is 0. The van der Waals surface area contributed by atoms with Crippen LogP contribution in [0.4, 0.5) is 0 Å². The van der Waals surface area contributed by atoms with Crippen LogP contribution < -0.4 is 11.5 Å². The molecule has 0 aliphatic heterocycles. The third-order valence-electron chi connectivity index (χ3n) is 1.66. The van der Waals surface area contributed by atoms with Gasteiger partial charge in [-0.05, 0) is 24.9 Å². The zero-order valence-electron chi connectivity index (χ0n) is 12.8. The van der Waals surface area contributed by atoms with Gasteiger partial charge >= 0.3 is 0 Å². The Morgan fingerprint density at radius 2 is 0.667 bits per heavy atom. The molecule has 0 amide bonds. The predicted molar refractivity (Wildman–Crippen MR) is 86.9 cm³/mol. The van der Waals surface area contributed by atoms with Gasteiger partial charge in [0.1, 0.15) is 0 Å². The molecule has 2 aromatic carbocycles. The van der Waals surface area contributed by atoms with Crippen LogP contribution >= 0.6 is 0 Å². The van der Waals surface area contributed by atoms with Crippen molar-refractivity contribution in [3.8, 4) is 0 Å². The molecule has 0 bridgehead atoms. The minimum Gasteiger partial charge on any atom is -0.333 e. The van der Waals surface area contributed by atoms with Crippen molar-refractivity contribution in [2.45, 2.75) is 27.7 Å². The summed E-state index contributed by atoms with van der Waals surface area (Å²) in [5, 5.41) is 2.62. The van der Waals surface area contributed by atoms with Gasteiger partial charge in [0.15, 0.2) is 0 Å². The molecule has 0 aliphatic carbocycles. The molecule has 4 N–H and O–H groups in total. The number of hydrogen-bond acceptors (Lipinski definition) is 2. The van der Waals surface area contributed by atoms with E-state index < -0.39 is 0 Å². The summed E-state index contributed by atoms with van der Waals surface area (Å²) in [5.41, 5.74) is 9.00. The minimum atomic E-state index is 1.31. The fourth-order valence-corrected chi connectivity index (χ4v) is 1.13. The molecule has 0 saturated carbocycles. The van der Waals surface area contributed by atoms with Crippen LogP contribution in [-0.4, -0.2) is 14.1 Å². The summed E-state index contributed by atoms with van der Waals surface area (Å²) in [6, 6.07) is 16.7. The van der Waals surface area contributed by atoms with Crippen molar-refractivity contribution in [3.05, 3.63) is 48.5 Å². The largest absolute Gasteiger partial charge is 0.333 e. The van der Waals surface area contributed by atoms with Crippen molar-refractivity contribution in [2.75, 3.05) is 14.1 Å². The molecule has 0 aromatic heterocycles. The van der Waals surface area contributed by atoms with Crippen molar-refractivity contribution >= 4 is 10.8 Å². The molecular weight excluding hydrogens is 220 g/mol. The summed E-state index contributed by atoms with van der Waals surface area (Å²) in [6.45, 7) is 8.00. The smallest absolute Gasteiger partial charge is 0.0184 e. The summed E-state index contributed by atoms with van der Waals surface area (Å²) in [4.78, 5) is 0. The summed E-state index contributed by atoms with van der Waals surface area (Å²) in [5.74, 6) is 0. The first-order valence-corrected chi connectivity index (χ1v) is 6.56. The van der Waals surface area contributed by atoms with Gasteiger partial charge in [-0.2, -0.15) is 0 Å². The normalized spacial score (nSPS) is 6.89. The van der Waals surface area contributed by atoms with Crippen LogP contribution in [0.2, 0.25) is 0 Å². The molecule has 2 rings (SSSR count). The van der Waals surface area contributed by atoms with Crippen molar-refractivity contribution in [1.29, 1.82) is 0 Å². The second kappa shape index (κ2) is 21.0. The van der Waals surface area contributed by atoms with Crippen LogP contribution in [0, 0.1) is 0 Å². The fraction of sp³-hybridized carbons (Fsp3) is 0.375. The van der Waals surface area contributed by atoms with Gasteiger partial charge < -0.3 is 11.5 Å².